The maximum absolute atomic E-state index is 12.5. The lowest BCUT2D eigenvalue weighted by molar-refractivity contribution is -0.155. The Morgan fingerprint density at radius 2 is 1.71 bits per heavy atom. The number of nitrogens with zero attached hydrogens (tertiary/aromatic N) is 1. The summed E-state index contributed by atoms with van der Waals surface area (Å²) in [6.07, 6.45) is 2.60. The van der Waals surface area contributed by atoms with Crippen LogP contribution in [0.5, 0.6) is 0 Å². The second kappa shape index (κ2) is 6.04. The molecule has 3 rings (SSSR count). The van der Waals surface area contributed by atoms with Gasteiger partial charge >= 0.3 is 5.97 Å². The zero-order valence-electron chi connectivity index (χ0n) is 14.4. The van der Waals surface area contributed by atoms with Crippen molar-refractivity contribution < 1.29 is 19.1 Å². The van der Waals surface area contributed by atoms with Gasteiger partial charge in [0.25, 0.3) is 11.8 Å². The molecule has 0 spiro atoms. The minimum absolute atomic E-state index is 0.121. The molecule has 0 unspecified atom stereocenters. The van der Waals surface area contributed by atoms with Crippen LogP contribution in [-0.4, -0.2) is 34.3 Å². The second-order valence-electron chi connectivity index (χ2n) is 7.65. The molecule has 1 saturated carbocycles. The minimum Gasteiger partial charge on any atom is -0.460 e. The molecular formula is C19H23NO4. The summed E-state index contributed by atoms with van der Waals surface area (Å²) < 4.78 is 5.37. The van der Waals surface area contributed by atoms with Gasteiger partial charge in [-0.3, -0.25) is 19.3 Å². The number of carbonyl (C=O) groups excluding carboxylic acids is 3. The lowest BCUT2D eigenvalue weighted by Gasteiger charge is -2.23. The smallest absolute Gasteiger partial charge is 0.306 e. The molecule has 24 heavy (non-hydrogen) atoms. The third-order valence-corrected chi connectivity index (χ3v) is 4.58. The van der Waals surface area contributed by atoms with Gasteiger partial charge in [-0.05, 0) is 58.1 Å². The van der Waals surface area contributed by atoms with E-state index < -0.39 is 5.60 Å². The fraction of sp³-hybridized carbons (Fsp3) is 0.526. The van der Waals surface area contributed by atoms with Crippen LogP contribution in [0.4, 0.5) is 0 Å². The molecule has 1 fully saturated rings. The fourth-order valence-electron chi connectivity index (χ4n) is 3.63. The first-order chi connectivity index (χ1) is 11.3. The SMILES string of the molecule is CC(C)(C)OC(=O)C[C@H]1CC[C@@H](N2C(=O)c3ccccc3C2=O)C1. The fourth-order valence-corrected chi connectivity index (χ4v) is 3.63. The summed E-state index contributed by atoms with van der Waals surface area (Å²) >= 11 is 0. The average Bonchev–Trinajstić information content (AvgIpc) is 3.01. The van der Waals surface area contributed by atoms with Crippen molar-refractivity contribution >= 4 is 17.8 Å². The second-order valence-corrected chi connectivity index (χ2v) is 7.65. The quantitative estimate of drug-likeness (QED) is 0.631. The summed E-state index contributed by atoms with van der Waals surface area (Å²) in [5.74, 6) is -0.471. The number of amides is 2. The molecule has 1 heterocycles. The van der Waals surface area contributed by atoms with E-state index in [2.05, 4.69) is 0 Å². The van der Waals surface area contributed by atoms with Gasteiger partial charge in [-0.15, -0.1) is 0 Å². The van der Waals surface area contributed by atoms with Crippen LogP contribution < -0.4 is 0 Å². The number of carbonyl (C=O) groups is 3. The minimum atomic E-state index is -0.488. The van der Waals surface area contributed by atoms with Crippen molar-refractivity contribution in [1.82, 2.24) is 4.90 Å². The molecule has 2 amide bonds. The van der Waals surface area contributed by atoms with Crippen LogP contribution in [-0.2, 0) is 9.53 Å². The van der Waals surface area contributed by atoms with Gasteiger partial charge < -0.3 is 4.74 Å². The number of esters is 1. The number of hydrogen-bond donors (Lipinski definition) is 0. The molecule has 1 aromatic carbocycles. The number of hydrogen-bond acceptors (Lipinski definition) is 4. The normalized spacial score (nSPS) is 23.5. The van der Waals surface area contributed by atoms with Gasteiger partial charge in [0.2, 0.25) is 0 Å². The van der Waals surface area contributed by atoms with Crippen molar-refractivity contribution in [3.63, 3.8) is 0 Å². The Labute approximate surface area is 142 Å². The first-order valence-corrected chi connectivity index (χ1v) is 8.45. The van der Waals surface area contributed by atoms with Gasteiger partial charge in [-0.2, -0.15) is 0 Å². The Hall–Kier alpha value is -2.17. The van der Waals surface area contributed by atoms with E-state index in [0.717, 1.165) is 12.8 Å². The first kappa shape index (κ1) is 16.7. The van der Waals surface area contributed by atoms with Crippen LogP contribution >= 0.6 is 0 Å². The maximum atomic E-state index is 12.5. The van der Waals surface area contributed by atoms with Crippen molar-refractivity contribution in [2.24, 2.45) is 5.92 Å². The standard InChI is InChI=1S/C19H23NO4/c1-19(2,3)24-16(21)11-12-8-9-13(10-12)20-17(22)14-6-4-5-7-15(14)18(20)23/h4-7,12-13H,8-11H2,1-3H3/t12-,13+/m0/s1. The Morgan fingerprint density at radius 1 is 1.12 bits per heavy atom. The number of imide groups is 1. The highest BCUT2D eigenvalue weighted by Gasteiger charge is 2.42. The van der Waals surface area contributed by atoms with Gasteiger partial charge in [0, 0.05) is 12.5 Å². The monoisotopic (exact) mass is 329 g/mol. The maximum Gasteiger partial charge on any atom is 0.306 e. The Balaban J connectivity index is 1.64. The largest absolute Gasteiger partial charge is 0.460 e. The van der Waals surface area contributed by atoms with Crippen molar-refractivity contribution in [3.05, 3.63) is 35.4 Å². The number of rotatable bonds is 3. The highest BCUT2D eigenvalue weighted by molar-refractivity contribution is 6.21. The molecule has 2 aliphatic rings. The van der Waals surface area contributed by atoms with Crippen molar-refractivity contribution in [1.29, 1.82) is 0 Å². The predicted octanol–water partition coefficient (Wildman–Crippen LogP) is 3.18. The highest BCUT2D eigenvalue weighted by atomic mass is 16.6. The Bertz CT molecular complexity index is 654. The zero-order valence-corrected chi connectivity index (χ0v) is 14.4. The van der Waals surface area contributed by atoms with E-state index in [1.807, 2.05) is 20.8 Å². The summed E-state index contributed by atoms with van der Waals surface area (Å²) in [6.45, 7) is 5.55. The van der Waals surface area contributed by atoms with Gasteiger partial charge in [0.1, 0.15) is 5.60 Å². The van der Waals surface area contributed by atoms with Crippen LogP contribution in [0.15, 0.2) is 24.3 Å². The van der Waals surface area contributed by atoms with Crippen molar-refractivity contribution in [3.8, 4) is 0 Å². The molecule has 1 aliphatic carbocycles. The molecule has 0 radical (unpaired) electrons. The molecule has 0 aromatic heterocycles. The van der Waals surface area contributed by atoms with E-state index in [1.54, 1.807) is 24.3 Å². The van der Waals surface area contributed by atoms with Crippen LogP contribution in [0.2, 0.25) is 0 Å². The zero-order chi connectivity index (χ0) is 17.5. The van der Waals surface area contributed by atoms with Gasteiger partial charge in [0.15, 0.2) is 0 Å². The van der Waals surface area contributed by atoms with E-state index in [0.29, 0.717) is 24.0 Å². The molecule has 1 aliphatic heterocycles. The summed E-state index contributed by atoms with van der Waals surface area (Å²) in [7, 11) is 0. The van der Waals surface area contributed by atoms with E-state index in [-0.39, 0.29) is 29.7 Å². The summed E-state index contributed by atoms with van der Waals surface area (Å²) in [5.41, 5.74) is 0.480. The summed E-state index contributed by atoms with van der Waals surface area (Å²) in [4.78, 5) is 38.4. The van der Waals surface area contributed by atoms with Crippen LogP contribution in [0.3, 0.4) is 0 Å². The summed E-state index contributed by atoms with van der Waals surface area (Å²) in [6, 6.07) is 6.82. The topological polar surface area (TPSA) is 63.7 Å². The Morgan fingerprint density at radius 3 is 2.25 bits per heavy atom. The first-order valence-electron chi connectivity index (χ1n) is 8.45. The summed E-state index contributed by atoms with van der Waals surface area (Å²) in [5, 5.41) is 0. The van der Waals surface area contributed by atoms with E-state index in [1.165, 1.54) is 4.90 Å². The molecule has 1 aromatic rings. The van der Waals surface area contributed by atoms with Crippen molar-refractivity contribution in [2.75, 3.05) is 0 Å². The van der Waals surface area contributed by atoms with E-state index >= 15 is 0 Å². The van der Waals surface area contributed by atoms with Gasteiger partial charge in [-0.25, -0.2) is 0 Å². The van der Waals surface area contributed by atoms with E-state index in [9.17, 15) is 14.4 Å². The average molecular weight is 329 g/mol. The van der Waals surface area contributed by atoms with Crippen molar-refractivity contribution in [2.45, 2.75) is 58.1 Å². The highest BCUT2D eigenvalue weighted by Crippen LogP contribution is 2.36. The number of ether oxygens (including phenoxy) is 1. The van der Waals surface area contributed by atoms with Crippen LogP contribution in [0, 0.1) is 5.92 Å². The lowest BCUT2D eigenvalue weighted by Crippen LogP contribution is -2.38. The molecule has 2 atom stereocenters. The van der Waals surface area contributed by atoms with E-state index in [4.69, 9.17) is 4.74 Å². The van der Waals surface area contributed by atoms with Crippen LogP contribution in [0.25, 0.3) is 0 Å². The third-order valence-electron chi connectivity index (χ3n) is 4.58. The van der Waals surface area contributed by atoms with Gasteiger partial charge in [-0.1, -0.05) is 12.1 Å². The number of fused-ring (bicyclic) bond motifs is 1. The Kier molecular flexibility index (Phi) is 4.20. The number of benzene rings is 1. The molecule has 0 N–H and O–H groups in total. The molecular weight excluding hydrogens is 306 g/mol. The molecule has 128 valence electrons. The molecule has 0 bridgehead atoms. The lowest BCUT2D eigenvalue weighted by atomic mass is 10.0. The molecule has 0 saturated heterocycles. The van der Waals surface area contributed by atoms with Crippen LogP contribution in [0.1, 0.15) is 67.2 Å². The molecule has 5 heteroatoms. The molecule has 5 nitrogen and oxygen atoms in total. The third kappa shape index (κ3) is 3.21. The van der Waals surface area contributed by atoms with Gasteiger partial charge in [0.05, 0.1) is 11.1 Å². The predicted molar refractivity (Wildman–Crippen MR) is 88.5 cm³/mol.